The molecule has 1 aliphatic heterocycles. The molecule has 0 aromatic heterocycles. The van der Waals surface area contributed by atoms with Gasteiger partial charge in [0, 0.05) is 17.6 Å². The number of rotatable bonds is 0. The lowest BCUT2D eigenvalue weighted by molar-refractivity contribution is 0.589. The third kappa shape index (κ3) is 1.62. The van der Waals surface area contributed by atoms with E-state index in [0.717, 1.165) is 6.42 Å². The Balaban J connectivity index is 1.85. The summed E-state index contributed by atoms with van der Waals surface area (Å²) in [5.41, 5.74) is 7.53. The first-order chi connectivity index (χ1) is 9.54. The molecule has 2 unspecified atom stereocenters. The van der Waals surface area contributed by atoms with Gasteiger partial charge in [0.1, 0.15) is 0 Å². The maximum atomic E-state index is 3.70. The summed E-state index contributed by atoms with van der Waals surface area (Å²) in [5.74, 6) is 0.545. The fourth-order valence-electron chi connectivity index (χ4n) is 3.73. The van der Waals surface area contributed by atoms with E-state index in [4.69, 9.17) is 0 Å². The van der Waals surface area contributed by atoms with Crippen molar-refractivity contribution in [2.24, 2.45) is 0 Å². The van der Waals surface area contributed by atoms with Crippen molar-refractivity contribution in [2.45, 2.75) is 44.6 Å². The Labute approximate surface area is 121 Å². The van der Waals surface area contributed by atoms with E-state index in [2.05, 4.69) is 68.6 Å². The summed E-state index contributed by atoms with van der Waals surface area (Å²) in [7, 11) is 0. The summed E-state index contributed by atoms with van der Waals surface area (Å²) in [6, 6.07) is 16.4. The Morgan fingerprint density at radius 3 is 2.60 bits per heavy atom. The molecule has 2 aromatic rings. The van der Waals surface area contributed by atoms with Crippen LogP contribution in [0.15, 0.2) is 42.5 Å². The van der Waals surface area contributed by atoms with Gasteiger partial charge in [-0.2, -0.15) is 0 Å². The zero-order valence-electron chi connectivity index (χ0n) is 12.4. The first-order valence-electron chi connectivity index (χ1n) is 7.53. The van der Waals surface area contributed by atoms with Crippen LogP contribution in [-0.4, -0.2) is 6.04 Å². The van der Waals surface area contributed by atoms with E-state index in [0.29, 0.717) is 12.0 Å². The second kappa shape index (κ2) is 3.88. The first kappa shape index (κ1) is 12.0. The van der Waals surface area contributed by atoms with Crippen LogP contribution < -0.4 is 5.32 Å². The Kier molecular flexibility index (Phi) is 2.33. The molecule has 0 saturated carbocycles. The van der Waals surface area contributed by atoms with Gasteiger partial charge >= 0.3 is 0 Å². The summed E-state index contributed by atoms with van der Waals surface area (Å²) >= 11 is 0. The molecule has 0 bridgehead atoms. The third-order valence-electron chi connectivity index (χ3n) is 4.83. The molecule has 0 saturated heterocycles. The molecule has 102 valence electrons. The van der Waals surface area contributed by atoms with Crippen molar-refractivity contribution < 1.29 is 0 Å². The van der Waals surface area contributed by atoms with Gasteiger partial charge in [-0.3, -0.25) is 0 Å². The van der Waals surface area contributed by atoms with Crippen molar-refractivity contribution in [1.82, 2.24) is 0 Å². The average Bonchev–Trinajstić information content (AvgIpc) is 2.91. The molecule has 0 spiro atoms. The molecule has 1 heteroatoms. The van der Waals surface area contributed by atoms with Crippen LogP contribution in [-0.2, 0) is 11.8 Å². The Morgan fingerprint density at radius 2 is 1.80 bits per heavy atom. The summed E-state index contributed by atoms with van der Waals surface area (Å²) in [6.45, 7) is 6.88. The Hall–Kier alpha value is -1.76. The average molecular weight is 263 g/mol. The predicted octanol–water partition coefficient (Wildman–Crippen LogP) is 4.47. The summed E-state index contributed by atoms with van der Waals surface area (Å²) in [5, 5.41) is 3.70. The quantitative estimate of drug-likeness (QED) is 0.739. The van der Waals surface area contributed by atoms with Gasteiger partial charge in [-0.15, -0.1) is 0 Å². The van der Waals surface area contributed by atoms with Crippen molar-refractivity contribution in [3.05, 3.63) is 64.7 Å². The number of fused-ring (bicyclic) bond motifs is 5. The van der Waals surface area contributed by atoms with Gasteiger partial charge in [0.25, 0.3) is 0 Å². The van der Waals surface area contributed by atoms with E-state index in [1.54, 1.807) is 5.56 Å². The molecule has 0 amide bonds. The van der Waals surface area contributed by atoms with E-state index in [1.807, 2.05) is 0 Å². The minimum Gasteiger partial charge on any atom is -0.381 e. The minimum absolute atomic E-state index is 0.221. The number of para-hydroxylation sites is 1. The van der Waals surface area contributed by atoms with Crippen LogP contribution in [0.2, 0.25) is 0 Å². The van der Waals surface area contributed by atoms with Gasteiger partial charge in [0.15, 0.2) is 0 Å². The van der Waals surface area contributed by atoms with Crippen molar-refractivity contribution in [2.75, 3.05) is 5.32 Å². The zero-order chi connectivity index (χ0) is 13.9. The van der Waals surface area contributed by atoms with Crippen LogP contribution in [0.25, 0.3) is 0 Å². The highest BCUT2D eigenvalue weighted by atomic mass is 15.0. The van der Waals surface area contributed by atoms with Crippen LogP contribution in [0, 0.1) is 0 Å². The molecule has 4 rings (SSSR count). The number of benzene rings is 2. The minimum atomic E-state index is 0.221. The molecule has 1 heterocycles. The second-order valence-electron chi connectivity index (χ2n) is 7.18. The topological polar surface area (TPSA) is 12.0 Å². The molecule has 1 nitrogen and oxygen atoms in total. The van der Waals surface area contributed by atoms with Gasteiger partial charge in [0.05, 0.1) is 0 Å². The van der Waals surface area contributed by atoms with Crippen LogP contribution in [0.4, 0.5) is 5.69 Å². The number of anilines is 1. The Bertz CT molecular complexity index is 678. The van der Waals surface area contributed by atoms with Crippen LogP contribution in [0.5, 0.6) is 0 Å². The fourth-order valence-corrected chi connectivity index (χ4v) is 3.73. The van der Waals surface area contributed by atoms with Crippen LogP contribution in [0.3, 0.4) is 0 Å². The number of hydrogen-bond acceptors (Lipinski definition) is 1. The predicted molar refractivity (Wildman–Crippen MR) is 84.5 cm³/mol. The lowest BCUT2D eigenvalue weighted by atomic mass is 9.83. The Morgan fingerprint density at radius 1 is 1.00 bits per heavy atom. The van der Waals surface area contributed by atoms with E-state index >= 15 is 0 Å². The second-order valence-corrected chi connectivity index (χ2v) is 7.18. The molecule has 0 radical (unpaired) electrons. The van der Waals surface area contributed by atoms with Gasteiger partial charge in [-0.25, -0.2) is 0 Å². The third-order valence-corrected chi connectivity index (χ3v) is 4.83. The standard InChI is InChI=1S/C19H21N/c1-19(2,3)13-9-8-12-10-17-18(15(12)11-13)14-6-4-5-7-16(14)20-17/h4-9,11,17-18,20H,10H2,1-3H3. The van der Waals surface area contributed by atoms with Crippen molar-refractivity contribution in [3.8, 4) is 0 Å². The highest BCUT2D eigenvalue weighted by molar-refractivity contribution is 5.66. The summed E-state index contributed by atoms with van der Waals surface area (Å²) < 4.78 is 0. The monoisotopic (exact) mass is 263 g/mol. The van der Waals surface area contributed by atoms with Gasteiger partial charge in [-0.1, -0.05) is 57.2 Å². The van der Waals surface area contributed by atoms with Crippen LogP contribution >= 0.6 is 0 Å². The molecule has 1 aliphatic carbocycles. The molecule has 2 atom stereocenters. The molecular formula is C19H21N. The van der Waals surface area contributed by atoms with Crippen molar-refractivity contribution >= 4 is 5.69 Å². The van der Waals surface area contributed by atoms with E-state index in [1.165, 1.54) is 22.4 Å². The van der Waals surface area contributed by atoms with Gasteiger partial charge < -0.3 is 5.32 Å². The molecule has 2 aromatic carbocycles. The lowest BCUT2D eigenvalue weighted by Crippen LogP contribution is -2.17. The zero-order valence-corrected chi connectivity index (χ0v) is 12.4. The maximum Gasteiger partial charge on any atom is 0.0411 e. The lowest BCUT2D eigenvalue weighted by Gasteiger charge is -2.21. The van der Waals surface area contributed by atoms with Crippen molar-refractivity contribution in [3.63, 3.8) is 0 Å². The number of hydrogen-bond donors (Lipinski definition) is 1. The summed E-state index contributed by atoms with van der Waals surface area (Å²) in [6.07, 6.45) is 1.15. The highest BCUT2D eigenvalue weighted by Gasteiger charge is 2.39. The summed E-state index contributed by atoms with van der Waals surface area (Å²) in [4.78, 5) is 0. The highest BCUT2D eigenvalue weighted by Crippen LogP contribution is 2.47. The SMILES string of the molecule is CC(C)(C)c1ccc2c(c1)C1c3ccccc3NC1C2. The fraction of sp³-hybridized carbons (Fsp3) is 0.368. The molecule has 0 fully saturated rings. The van der Waals surface area contributed by atoms with Gasteiger partial charge in [-0.05, 0) is 40.2 Å². The van der Waals surface area contributed by atoms with E-state index < -0.39 is 0 Å². The first-order valence-corrected chi connectivity index (χ1v) is 7.53. The molecule has 2 aliphatic rings. The van der Waals surface area contributed by atoms with E-state index in [9.17, 15) is 0 Å². The smallest absolute Gasteiger partial charge is 0.0411 e. The van der Waals surface area contributed by atoms with E-state index in [-0.39, 0.29) is 5.41 Å². The van der Waals surface area contributed by atoms with Crippen molar-refractivity contribution in [1.29, 1.82) is 0 Å². The van der Waals surface area contributed by atoms with Crippen LogP contribution in [0.1, 0.15) is 48.9 Å². The maximum absolute atomic E-state index is 3.70. The largest absolute Gasteiger partial charge is 0.381 e. The number of nitrogens with one attached hydrogen (secondary N) is 1. The normalized spacial score (nSPS) is 22.9. The molecule has 1 N–H and O–H groups in total. The molecular weight excluding hydrogens is 242 g/mol. The molecule has 20 heavy (non-hydrogen) atoms. The van der Waals surface area contributed by atoms with Gasteiger partial charge in [0.2, 0.25) is 0 Å².